The highest BCUT2D eigenvalue weighted by atomic mass is 15.2. The zero-order valence-electron chi connectivity index (χ0n) is 14.4. The summed E-state index contributed by atoms with van der Waals surface area (Å²) in [4.78, 5) is 2.71. The van der Waals surface area contributed by atoms with Gasteiger partial charge in [-0.2, -0.15) is 0 Å². The number of rotatable bonds is 5. The van der Waals surface area contributed by atoms with Crippen molar-refractivity contribution in [2.75, 3.05) is 19.6 Å². The number of hydrogen-bond donors (Lipinski definition) is 1. The van der Waals surface area contributed by atoms with E-state index in [9.17, 15) is 0 Å². The summed E-state index contributed by atoms with van der Waals surface area (Å²) in [6, 6.07) is 12.1. The molecular weight excluding hydrogens is 256 g/mol. The van der Waals surface area contributed by atoms with Crippen molar-refractivity contribution >= 4 is 0 Å². The quantitative estimate of drug-likeness (QED) is 0.878. The smallest absolute Gasteiger partial charge is 0.0473 e. The lowest BCUT2D eigenvalue weighted by atomic mass is 9.80. The second-order valence-corrected chi connectivity index (χ2v) is 7.51. The fourth-order valence-corrected chi connectivity index (χ4v) is 3.04. The van der Waals surface area contributed by atoms with Gasteiger partial charge in [-0.3, -0.25) is 4.90 Å². The summed E-state index contributed by atoms with van der Waals surface area (Å²) in [5.74, 6) is 0.698. The summed E-state index contributed by atoms with van der Waals surface area (Å²) in [6.45, 7) is 15.2. The fraction of sp³-hybridized carbons (Fsp3) is 0.684. The van der Waals surface area contributed by atoms with Crippen LogP contribution in [0.4, 0.5) is 0 Å². The molecule has 1 heterocycles. The van der Waals surface area contributed by atoms with E-state index >= 15 is 0 Å². The molecule has 0 saturated carbocycles. The van der Waals surface area contributed by atoms with Crippen LogP contribution >= 0.6 is 0 Å². The Labute approximate surface area is 130 Å². The van der Waals surface area contributed by atoms with E-state index in [0.717, 1.165) is 13.1 Å². The molecule has 2 unspecified atom stereocenters. The second kappa shape index (κ2) is 6.93. The Balaban J connectivity index is 2.18. The van der Waals surface area contributed by atoms with E-state index in [-0.39, 0.29) is 0 Å². The predicted molar refractivity (Wildman–Crippen MR) is 91.5 cm³/mol. The maximum atomic E-state index is 3.72. The maximum Gasteiger partial charge on any atom is 0.0473 e. The summed E-state index contributed by atoms with van der Waals surface area (Å²) >= 11 is 0. The average Bonchev–Trinajstić information content (AvgIpc) is 2.47. The normalized spacial score (nSPS) is 24.5. The number of nitrogens with zero attached hydrogens (tertiary/aromatic N) is 1. The van der Waals surface area contributed by atoms with Gasteiger partial charge in [-0.15, -0.1) is 0 Å². The van der Waals surface area contributed by atoms with E-state index in [4.69, 9.17) is 0 Å². The molecule has 0 bridgehead atoms. The van der Waals surface area contributed by atoms with Gasteiger partial charge >= 0.3 is 0 Å². The van der Waals surface area contributed by atoms with E-state index in [1.807, 2.05) is 0 Å². The molecule has 0 spiro atoms. The maximum absolute atomic E-state index is 3.72. The van der Waals surface area contributed by atoms with Crippen molar-refractivity contribution in [1.29, 1.82) is 0 Å². The summed E-state index contributed by atoms with van der Waals surface area (Å²) < 4.78 is 0. The van der Waals surface area contributed by atoms with Gasteiger partial charge in [-0.05, 0) is 23.3 Å². The molecule has 1 fully saturated rings. The minimum Gasteiger partial charge on any atom is -0.311 e. The molecule has 1 aromatic rings. The van der Waals surface area contributed by atoms with E-state index in [1.165, 1.54) is 18.5 Å². The van der Waals surface area contributed by atoms with Crippen molar-refractivity contribution in [2.24, 2.45) is 11.3 Å². The van der Waals surface area contributed by atoms with Crippen LogP contribution in [-0.2, 0) is 0 Å². The van der Waals surface area contributed by atoms with Crippen LogP contribution < -0.4 is 5.32 Å². The molecule has 2 atom stereocenters. The number of nitrogens with one attached hydrogen (secondary N) is 1. The molecule has 1 aromatic carbocycles. The van der Waals surface area contributed by atoms with Crippen LogP contribution in [0.5, 0.6) is 0 Å². The molecule has 1 aliphatic rings. The zero-order chi connectivity index (χ0) is 15.5. The number of hydrogen-bond acceptors (Lipinski definition) is 2. The van der Waals surface area contributed by atoms with Crippen LogP contribution in [0.2, 0.25) is 0 Å². The van der Waals surface area contributed by atoms with Crippen LogP contribution in [0.1, 0.15) is 52.6 Å². The fourth-order valence-electron chi connectivity index (χ4n) is 3.04. The van der Waals surface area contributed by atoms with Gasteiger partial charge in [-0.1, -0.05) is 65.0 Å². The third-order valence-electron chi connectivity index (χ3n) is 5.35. The van der Waals surface area contributed by atoms with Crippen LogP contribution in [0.15, 0.2) is 30.3 Å². The molecule has 0 aromatic heterocycles. The molecular formula is C19H32N2. The van der Waals surface area contributed by atoms with Gasteiger partial charge < -0.3 is 5.32 Å². The minimum absolute atomic E-state index is 0.350. The SMILES string of the molecule is CCC1CN(CC(C)(C)C(C)C)C(c2ccccc2)CN1. The molecule has 2 rings (SSSR count). The van der Waals surface area contributed by atoms with E-state index < -0.39 is 0 Å². The lowest BCUT2D eigenvalue weighted by Crippen LogP contribution is -2.54. The first-order chi connectivity index (χ1) is 9.94. The van der Waals surface area contributed by atoms with Gasteiger partial charge in [0.1, 0.15) is 0 Å². The number of benzene rings is 1. The molecule has 0 aliphatic carbocycles. The summed E-state index contributed by atoms with van der Waals surface area (Å²) in [5, 5.41) is 3.72. The number of piperazine rings is 1. The van der Waals surface area contributed by atoms with Crippen molar-refractivity contribution in [3.05, 3.63) is 35.9 Å². The molecule has 1 aliphatic heterocycles. The van der Waals surface area contributed by atoms with Gasteiger partial charge in [0.05, 0.1) is 0 Å². The average molecular weight is 288 g/mol. The van der Waals surface area contributed by atoms with E-state index in [2.05, 4.69) is 75.2 Å². The first-order valence-electron chi connectivity index (χ1n) is 8.46. The Hall–Kier alpha value is -0.860. The molecule has 1 N–H and O–H groups in total. The van der Waals surface area contributed by atoms with Crippen molar-refractivity contribution < 1.29 is 0 Å². The molecule has 1 saturated heterocycles. The van der Waals surface area contributed by atoms with Gasteiger partial charge in [-0.25, -0.2) is 0 Å². The van der Waals surface area contributed by atoms with Crippen LogP contribution in [0.3, 0.4) is 0 Å². The Morgan fingerprint density at radius 2 is 1.90 bits per heavy atom. The molecule has 0 amide bonds. The van der Waals surface area contributed by atoms with Gasteiger partial charge in [0.15, 0.2) is 0 Å². The highest BCUT2D eigenvalue weighted by molar-refractivity contribution is 5.20. The van der Waals surface area contributed by atoms with Crippen LogP contribution in [0.25, 0.3) is 0 Å². The highest BCUT2D eigenvalue weighted by Crippen LogP contribution is 2.32. The Kier molecular flexibility index (Phi) is 5.45. The molecule has 0 radical (unpaired) electrons. The molecule has 2 heteroatoms. The van der Waals surface area contributed by atoms with Crippen LogP contribution in [0, 0.1) is 11.3 Å². The van der Waals surface area contributed by atoms with Crippen molar-refractivity contribution in [1.82, 2.24) is 10.2 Å². The lowest BCUT2D eigenvalue weighted by Gasteiger charge is -2.45. The van der Waals surface area contributed by atoms with Gasteiger partial charge in [0, 0.05) is 31.7 Å². The Morgan fingerprint density at radius 1 is 1.24 bits per heavy atom. The third-order valence-corrected chi connectivity index (χ3v) is 5.35. The van der Waals surface area contributed by atoms with Crippen molar-refractivity contribution in [2.45, 2.75) is 53.1 Å². The van der Waals surface area contributed by atoms with Gasteiger partial charge in [0.25, 0.3) is 0 Å². The second-order valence-electron chi connectivity index (χ2n) is 7.51. The van der Waals surface area contributed by atoms with Crippen molar-refractivity contribution in [3.63, 3.8) is 0 Å². The van der Waals surface area contributed by atoms with E-state index in [1.54, 1.807) is 0 Å². The summed E-state index contributed by atoms with van der Waals surface area (Å²) in [5.41, 5.74) is 1.79. The summed E-state index contributed by atoms with van der Waals surface area (Å²) in [6.07, 6.45) is 1.21. The first kappa shape index (κ1) is 16.5. The first-order valence-corrected chi connectivity index (χ1v) is 8.46. The molecule has 2 nitrogen and oxygen atoms in total. The standard InChI is InChI=1S/C19H32N2/c1-6-17-13-21(14-19(4,5)15(2)3)18(12-20-17)16-10-8-7-9-11-16/h7-11,15,17-18,20H,6,12-14H2,1-5H3. The minimum atomic E-state index is 0.350. The zero-order valence-corrected chi connectivity index (χ0v) is 14.4. The Bertz CT molecular complexity index is 424. The monoisotopic (exact) mass is 288 g/mol. The lowest BCUT2D eigenvalue weighted by molar-refractivity contribution is 0.0625. The highest BCUT2D eigenvalue weighted by Gasteiger charge is 2.33. The third kappa shape index (κ3) is 4.08. The van der Waals surface area contributed by atoms with Crippen LogP contribution in [-0.4, -0.2) is 30.6 Å². The Morgan fingerprint density at radius 3 is 2.48 bits per heavy atom. The van der Waals surface area contributed by atoms with Crippen molar-refractivity contribution in [3.8, 4) is 0 Å². The topological polar surface area (TPSA) is 15.3 Å². The van der Waals surface area contributed by atoms with Gasteiger partial charge in [0.2, 0.25) is 0 Å². The largest absolute Gasteiger partial charge is 0.311 e. The van der Waals surface area contributed by atoms with E-state index in [0.29, 0.717) is 23.4 Å². The predicted octanol–water partition coefficient (Wildman–Crippen LogP) is 4.09. The molecule has 21 heavy (non-hydrogen) atoms. The molecule has 118 valence electrons. The summed E-state index contributed by atoms with van der Waals surface area (Å²) in [7, 11) is 0.